The van der Waals surface area contributed by atoms with Crippen LogP contribution >= 0.6 is 58.0 Å². The molecule has 0 aliphatic carbocycles. The summed E-state index contributed by atoms with van der Waals surface area (Å²) in [6.07, 6.45) is -3.16. The van der Waals surface area contributed by atoms with E-state index in [1.165, 1.54) is 0 Å². The maximum Gasteiger partial charge on any atom is 0.416 e. The SMILES string of the molecule is CCCNC(=O)N/C(=C\C(=N)Oc1c(Cl)cc(C(F)(F)F)cc1Cl)C(Cl)(Cl)Cl. The summed E-state index contributed by atoms with van der Waals surface area (Å²) in [6.45, 7) is 2.18. The van der Waals surface area contributed by atoms with Crippen molar-refractivity contribution in [1.82, 2.24) is 10.6 Å². The largest absolute Gasteiger partial charge is 0.436 e. The molecule has 0 unspecified atom stereocenters. The Kier molecular flexibility index (Phi) is 9.02. The fraction of sp³-hybridized carbons (Fsp3) is 0.333. The summed E-state index contributed by atoms with van der Waals surface area (Å²) in [5.41, 5.74) is -1.43. The molecule has 1 aromatic carbocycles. The number of carbonyl (C=O) groups excluding carboxylic acids is 1. The number of halogens is 8. The van der Waals surface area contributed by atoms with Crippen LogP contribution in [0.3, 0.4) is 0 Å². The maximum absolute atomic E-state index is 12.8. The van der Waals surface area contributed by atoms with E-state index in [-0.39, 0.29) is 5.70 Å². The minimum atomic E-state index is -4.67. The number of benzene rings is 1. The number of amides is 2. The van der Waals surface area contributed by atoms with Crippen LogP contribution in [0.15, 0.2) is 23.9 Å². The van der Waals surface area contributed by atoms with Crippen molar-refractivity contribution < 1.29 is 22.7 Å². The van der Waals surface area contributed by atoms with Crippen LogP contribution in [0.2, 0.25) is 10.0 Å². The molecule has 1 rings (SSSR count). The third kappa shape index (κ3) is 7.75. The summed E-state index contributed by atoms with van der Waals surface area (Å²) in [5, 5.41) is 11.6. The molecule has 0 fully saturated rings. The highest BCUT2D eigenvalue weighted by molar-refractivity contribution is 6.69. The van der Waals surface area contributed by atoms with Gasteiger partial charge in [-0.3, -0.25) is 5.41 Å². The van der Waals surface area contributed by atoms with Crippen molar-refractivity contribution in [3.8, 4) is 5.75 Å². The van der Waals surface area contributed by atoms with Gasteiger partial charge >= 0.3 is 12.2 Å². The Labute approximate surface area is 183 Å². The van der Waals surface area contributed by atoms with Crippen LogP contribution < -0.4 is 15.4 Å². The second-order valence-electron chi connectivity index (χ2n) is 5.17. The number of nitrogens with one attached hydrogen (secondary N) is 3. The Morgan fingerprint density at radius 2 is 1.75 bits per heavy atom. The molecule has 0 saturated carbocycles. The average molecular weight is 502 g/mol. The van der Waals surface area contributed by atoms with Gasteiger partial charge in [0.2, 0.25) is 9.69 Å². The van der Waals surface area contributed by atoms with Crippen molar-refractivity contribution in [3.05, 3.63) is 39.5 Å². The van der Waals surface area contributed by atoms with Gasteiger partial charge in [-0.2, -0.15) is 13.2 Å². The Balaban J connectivity index is 3.08. The van der Waals surface area contributed by atoms with Gasteiger partial charge in [0.15, 0.2) is 5.75 Å². The van der Waals surface area contributed by atoms with Gasteiger partial charge < -0.3 is 15.4 Å². The molecule has 0 heterocycles. The van der Waals surface area contributed by atoms with Crippen LogP contribution in [-0.2, 0) is 6.18 Å². The van der Waals surface area contributed by atoms with Gasteiger partial charge in [-0.05, 0) is 18.6 Å². The van der Waals surface area contributed by atoms with Crippen molar-refractivity contribution in [2.45, 2.75) is 23.3 Å². The Hall–Kier alpha value is -1.06. The molecule has 3 N–H and O–H groups in total. The van der Waals surface area contributed by atoms with Crippen molar-refractivity contribution in [1.29, 1.82) is 5.41 Å². The van der Waals surface area contributed by atoms with Gasteiger partial charge in [-0.15, -0.1) is 0 Å². The molecule has 13 heteroatoms. The Bertz CT molecular complexity index is 756. The first-order valence-corrected chi connectivity index (χ1v) is 9.31. The number of hydrogen-bond acceptors (Lipinski definition) is 3. The minimum absolute atomic E-state index is 0.338. The van der Waals surface area contributed by atoms with E-state index in [1.54, 1.807) is 0 Å². The van der Waals surface area contributed by atoms with Gasteiger partial charge in [0.1, 0.15) is 0 Å². The van der Waals surface area contributed by atoms with Gasteiger partial charge in [0.25, 0.3) is 0 Å². The quantitative estimate of drug-likeness (QED) is 0.251. The predicted molar refractivity (Wildman–Crippen MR) is 105 cm³/mol. The van der Waals surface area contributed by atoms with Gasteiger partial charge in [0.05, 0.1) is 21.3 Å². The zero-order valence-electron chi connectivity index (χ0n) is 14.0. The van der Waals surface area contributed by atoms with Crippen molar-refractivity contribution in [3.63, 3.8) is 0 Å². The van der Waals surface area contributed by atoms with Crippen molar-refractivity contribution in [2.24, 2.45) is 0 Å². The lowest BCUT2D eigenvalue weighted by atomic mass is 10.2. The fourth-order valence-corrected chi connectivity index (χ4v) is 2.56. The minimum Gasteiger partial charge on any atom is -0.436 e. The molecule has 0 bridgehead atoms. The third-order valence-corrected chi connectivity index (χ3v) is 4.07. The van der Waals surface area contributed by atoms with Crippen LogP contribution in [-0.4, -0.2) is 22.3 Å². The lowest BCUT2D eigenvalue weighted by molar-refractivity contribution is -0.137. The van der Waals surface area contributed by atoms with Crippen LogP contribution in [0.1, 0.15) is 18.9 Å². The molecule has 28 heavy (non-hydrogen) atoms. The summed E-state index contributed by atoms with van der Waals surface area (Å²) in [4.78, 5) is 11.7. The second kappa shape index (κ2) is 10.1. The highest BCUT2D eigenvalue weighted by atomic mass is 35.6. The molecule has 0 spiro atoms. The first-order chi connectivity index (χ1) is 12.8. The topological polar surface area (TPSA) is 74.2 Å². The summed E-state index contributed by atoms with van der Waals surface area (Å²) in [6, 6.07) is 0.482. The number of ether oxygens (including phenoxy) is 1. The smallest absolute Gasteiger partial charge is 0.416 e. The van der Waals surface area contributed by atoms with Gasteiger partial charge in [-0.25, -0.2) is 4.79 Å². The molecule has 0 atom stereocenters. The molecule has 0 aromatic heterocycles. The zero-order valence-corrected chi connectivity index (χ0v) is 17.8. The van der Waals surface area contributed by atoms with E-state index in [0.29, 0.717) is 25.1 Å². The number of allylic oxidation sites excluding steroid dienone is 1. The van der Waals surface area contributed by atoms with E-state index in [4.69, 9.17) is 68.2 Å². The molecule has 0 saturated heterocycles. The molecule has 1 aromatic rings. The molecular weight excluding hydrogens is 488 g/mol. The molecular formula is C15H13Cl5F3N3O2. The summed E-state index contributed by atoms with van der Waals surface area (Å²) in [7, 11) is 0. The number of hydrogen-bond donors (Lipinski definition) is 3. The van der Waals surface area contributed by atoms with E-state index >= 15 is 0 Å². The molecule has 0 aliphatic rings. The molecule has 2 amide bonds. The van der Waals surface area contributed by atoms with Crippen LogP contribution in [0.25, 0.3) is 0 Å². The third-order valence-electron chi connectivity index (χ3n) is 2.90. The Morgan fingerprint density at radius 3 is 2.18 bits per heavy atom. The highest BCUT2D eigenvalue weighted by Gasteiger charge is 2.33. The second-order valence-corrected chi connectivity index (χ2v) is 8.27. The van der Waals surface area contributed by atoms with Gasteiger partial charge in [-0.1, -0.05) is 64.9 Å². The summed E-state index contributed by atoms with van der Waals surface area (Å²) in [5.74, 6) is -1.11. The maximum atomic E-state index is 12.8. The lowest BCUT2D eigenvalue weighted by Crippen LogP contribution is -2.39. The molecule has 156 valence electrons. The van der Waals surface area contributed by atoms with Gasteiger partial charge in [0, 0.05) is 12.6 Å². The molecule has 0 radical (unpaired) electrons. The number of rotatable bonds is 5. The van der Waals surface area contributed by atoms with Crippen LogP contribution in [0, 0.1) is 5.41 Å². The Morgan fingerprint density at radius 1 is 1.21 bits per heavy atom. The number of urea groups is 1. The van der Waals surface area contributed by atoms with Crippen LogP contribution in [0.5, 0.6) is 5.75 Å². The highest BCUT2D eigenvalue weighted by Crippen LogP contribution is 2.40. The lowest BCUT2D eigenvalue weighted by Gasteiger charge is -2.18. The first-order valence-electron chi connectivity index (χ1n) is 7.42. The molecule has 0 aliphatic heterocycles. The number of carbonyl (C=O) groups is 1. The zero-order chi connectivity index (χ0) is 21.7. The monoisotopic (exact) mass is 499 g/mol. The average Bonchev–Trinajstić information content (AvgIpc) is 2.53. The fourth-order valence-electron chi connectivity index (χ4n) is 1.69. The van der Waals surface area contributed by atoms with Crippen molar-refractivity contribution in [2.75, 3.05) is 6.54 Å². The summed E-state index contributed by atoms with van der Waals surface area (Å²) >= 11 is 28.8. The van der Waals surface area contributed by atoms with Crippen LogP contribution in [0.4, 0.5) is 18.0 Å². The van der Waals surface area contributed by atoms with E-state index in [0.717, 1.165) is 6.08 Å². The number of alkyl halides is 6. The van der Waals surface area contributed by atoms with E-state index in [1.807, 2.05) is 6.92 Å². The standard InChI is InChI=1S/C15H13Cl5F3N3O2/c1-2-3-25-13(27)26-10(14(18,19)20)6-11(24)28-12-8(16)4-7(5-9(12)17)15(21,22)23/h4-6,24H,2-3H2,1H3,(H2,25,26,27)/b10-6-,24-11?. The predicted octanol–water partition coefficient (Wildman–Crippen LogP) is 6.33. The first kappa shape index (κ1) is 25.0. The van der Waals surface area contributed by atoms with E-state index in [2.05, 4.69) is 10.6 Å². The van der Waals surface area contributed by atoms with E-state index in [9.17, 15) is 18.0 Å². The summed E-state index contributed by atoms with van der Waals surface area (Å²) < 4.78 is 41.2. The van der Waals surface area contributed by atoms with Crippen molar-refractivity contribution >= 4 is 69.9 Å². The molecule has 5 nitrogen and oxygen atoms in total. The normalized spacial score (nSPS) is 12.5. The van der Waals surface area contributed by atoms with E-state index < -0.39 is 43.3 Å².